The zero-order valence-corrected chi connectivity index (χ0v) is 6.90. The van der Waals surface area contributed by atoms with Gasteiger partial charge >= 0.3 is 0 Å². The van der Waals surface area contributed by atoms with Crippen molar-refractivity contribution in [2.24, 2.45) is 0 Å². The Morgan fingerprint density at radius 1 is 0.778 bits per heavy atom. The molecular formula is C8H15P. The van der Waals surface area contributed by atoms with Gasteiger partial charge in [-0.25, -0.2) is 0 Å². The molecule has 9 heavy (non-hydrogen) atoms. The highest BCUT2D eigenvalue weighted by Gasteiger charge is 2.25. The van der Waals surface area contributed by atoms with Crippen LogP contribution in [0.15, 0.2) is 0 Å². The van der Waals surface area contributed by atoms with Crippen LogP contribution in [0.5, 0.6) is 0 Å². The fourth-order valence-electron chi connectivity index (χ4n) is 2.18. The topological polar surface area (TPSA) is 0 Å². The van der Waals surface area contributed by atoms with Gasteiger partial charge in [-0.05, 0) is 37.0 Å². The molecule has 0 spiro atoms. The largest absolute Gasteiger partial charge is 0.116 e. The van der Waals surface area contributed by atoms with Gasteiger partial charge in [-0.1, -0.05) is 12.8 Å². The Labute approximate surface area is 59.2 Å². The Hall–Kier alpha value is 0.430. The maximum atomic E-state index is 1.56. The third kappa shape index (κ3) is 1.29. The van der Waals surface area contributed by atoms with Gasteiger partial charge in [0.1, 0.15) is 0 Å². The van der Waals surface area contributed by atoms with Crippen molar-refractivity contribution in [2.45, 2.75) is 49.8 Å². The van der Waals surface area contributed by atoms with E-state index in [9.17, 15) is 0 Å². The van der Waals surface area contributed by atoms with Crippen molar-refractivity contribution >= 4 is 8.58 Å². The molecule has 0 atom stereocenters. The molecule has 2 saturated heterocycles. The maximum absolute atomic E-state index is 1.56. The summed E-state index contributed by atoms with van der Waals surface area (Å²) in [6.07, 6.45) is 9.35. The van der Waals surface area contributed by atoms with Crippen LogP contribution in [0.4, 0.5) is 0 Å². The first-order chi connectivity index (χ1) is 4.45. The number of rotatable bonds is 0. The minimum Gasteiger partial charge on any atom is -0.116 e. The first-order valence-electron chi connectivity index (χ1n) is 4.21. The maximum Gasteiger partial charge on any atom is -0.0234 e. The Morgan fingerprint density at radius 2 is 1.22 bits per heavy atom. The van der Waals surface area contributed by atoms with Gasteiger partial charge in [0.05, 0.1) is 0 Å². The summed E-state index contributed by atoms with van der Waals surface area (Å²) in [7, 11) is 1.35. The van der Waals surface area contributed by atoms with Crippen LogP contribution in [-0.4, -0.2) is 11.3 Å². The molecule has 2 aliphatic heterocycles. The summed E-state index contributed by atoms with van der Waals surface area (Å²) in [4.78, 5) is 0. The first kappa shape index (κ1) is 6.16. The Balaban J connectivity index is 1.96. The standard InChI is InChI=1S/C8H15P/c1-3-7-5-2-6-8(4-1)9-7/h7-9H,1-6H2. The molecule has 2 bridgehead atoms. The van der Waals surface area contributed by atoms with Crippen LogP contribution in [0.2, 0.25) is 0 Å². The highest BCUT2D eigenvalue weighted by molar-refractivity contribution is 7.39. The van der Waals surface area contributed by atoms with Gasteiger partial charge in [-0.15, -0.1) is 8.58 Å². The minimum atomic E-state index is 1.18. The second kappa shape index (κ2) is 2.58. The van der Waals surface area contributed by atoms with Gasteiger partial charge in [-0.3, -0.25) is 0 Å². The quantitative estimate of drug-likeness (QED) is 0.456. The molecule has 0 amide bonds. The molecule has 0 saturated carbocycles. The highest BCUT2D eigenvalue weighted by Crippen LogP contribution is 2.45. The van der Waals surface area contributed by atoms with E-state index < -0.39 is 0 Å². The Kier molecular flexibility index (Phi) is 1.77. The van der Waals surface area contributed by atoms with Gasteiger partial charge in [0, 0.05) is 0 Å². The molecule has 2 fully saturated rings. The summed E-state index contributed by atoms with van der Waals surface area (Å²) < 4.78 is 0. The predicted octanol–water partition coefficient (Wildman–Crippen LogP) is 2.77. The first-order valence-corrected chi connectivity index (χ1v) is 5.37. The second-order valence-corrected chi connectivity index (χ2v) is 5.39. The van der Waals surface area contributed by atoms with Crippen molar-refractivity contribution in [3.63, 3.8) is 0 Å². The molecule has 0 aromatic carbocycles. The van der Waals surface area contributed by atoms with Gasteiger partial charge in [0.25, 0.3) is 0 Å². The lowest BCUT2D eigenvalue weighted by Crippen LogP contribution is -2.20. The lowest BCUT2D eigenvalue weighted by atomic mass is 9.99. The Morgan fingerprint density at radius 3 is 1.56 bits per heavy atom. The lowest BCUT2D eigenvalue weighted by Gasteiger charge is -2.34. The average Bonchev–Trinajstić information content (AvgIpc) is 1.88. The number of hydrogen-bond acceptors (Lipinski definition) is 0. The number of fused-ring (bicyclic) bond motifs is 2. The van der Waals surface area contributed by atoms with Crippen LogP contribution in [0.25, 0.3) is 0 Å². The third-order valence-corrected chi connectivity index (χ3v) is 4.78. The summed E-state index contributed by atoms with van der Waals surface area (Å²) in [5.74, 6) is 0. The molecule has 0 radical (unpaired) electrons. The normalized spacial score (nSPS) is 45.3. The summed E-state index contributed by atoms with van der Waals surface area (Å²) in [6, 6.07) is 0. The molecule has 1 heteroatoms. The van der Waals surface area contributed by atoms with Crippen LogP contribution in [0, 0.1) is 0 Å². The predicted molar refractivity (Wildman–Crippen MR) is 43.6 cm³/mol. The molecular weight excluding hydrogens is 127 g/mol. The monoisotopic (exact) mass is 142 g/mol. The van der Waals surface area contributed by atoms with E-state index in [0.717, 1.165) is 0 Å². The zero-order valence-electron chi connectivity index (χ0n) is 5.90. The molecule has 0 aromatic rings. The average molecular weight is 142 g/mol. The van der Waals surface area contributed by atoms with E-state index in [-0.39, 0.29) is 0 Å². The second-order valence-electron chi connectivity index (χ2n) is 3.42. The highest BCUT2D eigenvalue weighted by atomic mass is 31.1. The van der Waals surface area contributed by atoms with E-state index in [1.807, 2.05) is 0 Å². The third-order valence-electron chi connectivity index (χ3n) is 2.68. The molecule has 0 unspecified atom stereocenters. The van der Waals surface area contributed by atoms with Crippen molar-refractivity contribution in [3.05, 3.63) is 0 Å². The van der Waals surface area contributed by atoms with Gasteiger partial charge in [-0.2, -0.15) is 0 Å². The zero-order chi connectivity index (χ0) is 6.10. The van der Waals surface area contributed by atoms with Crippen molar-refractivity contribution in [1.29, 1.82) is 0 Å². The van der Waals surface area contributed by atoms with E-state index in [0.29, 0.717) is 0 Å². The Bertz CT molecular complexity index is 80.7. The molecule has 0 aromatic heterocycles. The summed E-state index contributed by atoms with van der Waals surface area (Å²) in [6.45, 7) is 0. The fraction of sp³-hybridized carbons (Fsp3) is 1.00. The van der Waals surface area contributed by atoms with Crippen LogP contribution >= 0.6 is 8.58 Å². The van der Waals surface area contributed by atoms with Crippen molar-refractivity contribution in [2.75, 3.05) is 0 Å². The summed E-state index contributed by atoms with van der Waals surface area (Å²) in [5.41, 5.74) is 2.36. The summed E-state index contributed by atoms with van der Waals surface area (Å²) >= 11 is 0. The molecule has 2 heterocycles. The van der Waals surface area contributed by atoms with Crippen LogP contribution < -0.4 is 0 Å². The van der Waals surface area contributed by atoms with E-state index in [1.54, 1.807) is 38.5 Å². The van der Waals surface area contributed by atoms with E-state index in [4.69, 9.17) is 0 Å². The lowest BCUT2D eigenvalue weighted by molar-refractivity contribution is 0.483. The van der Waals surface area contributed by atoms with Crippen LogP contribution in [0.3, 0.4) is 0 Å². The van der Waals surface area contributed by atoms with Crippen molar-refractivity contribution in [1.82, 2.24) is 0 Å². The molecule has 0 aliphatic carbocycles. The van der Waals surface area contributed by atoms with E-state index >= 15 is 0 Å². The molecule has 2 rings (SSSR count). The molecule has 52 valence electrons. The van der Waals surface area contributed by atoms with E-state index in [1.165, 1.54) is 19.9 Å². The molecule has 2 aliphatic rings. The van der Waals surface area contributed by atoms with Gasteiger partial charge in [0.15, 0.2) is 0 Å². The summed E-state index contributed by atoms with van der Waals surface area (Å²) in [5, 5.41) is 0. The van der Waals surface area contributed by atoms with E-state index in [2.05, 4.69) is 0 Å². The molecule has 0 nitrogen and oxygen atoms in total. The SMILES string of the molecule is C1CC2CCCC(C1)P2. The van der Waals surface area contributed by atoms with Crippen molar-refractivity contribution < 1.29 is 0 Å². The van der Waals surface area contributed by atoms with Gasteiger partial charge in [0.2, 0.25) is 0 Å². The van der Waals surface area contributed by atoms with Crippen LogP contribution in [0.1, 0.15) is 38.5 Å². The van der Waals surface area contributed by atoms with Crippen molar-refractivity contribution in [3.8, 4) is 0 Å². The van der Waals surface area contributed by atoms with Gasteiger partial charge < -0.3 is 0 Å². The minimum absolute atomic E-state index is 1.18. The fourth-order valence-corrected chi connectivity index (χ4v) is 4.33. The van der Waals surface area contributed by atoms with Crippen LogP contribution in [-0.2, 0) is 0 Å². The smallest absolute Gasteiger partial charge is 0.0234 e. The number of hydrogen-bond donors (Lipinski definition) is 0. The molecule has 0 N–H and O–H groups in total.